The van der Waals surface area contributed by atoms with Gasteiger partial charge in [-0.15, -0.1) is 0 Å². The zero-order chi connectivity index (χ0) is 21.9. The Labute approximate surface area is 176 Å². The molecule has 1 amide bonds. The van der Waals surface area contributed by atoms with Crippen LogP contribution in [0.3, 0.4) is 0 Å². The van der Waals surface area contributed by atoms with Crippen LogP contribution in [0.5, 0.6) is 0 Å². The third-order valence-electron chi connectivity index (χ3n) is 4.55. The van der Waals surface area contributed by atoms with Crippen molar-refractivity contribution in [2.24, 2.45) is 0 Å². The van der Waals surface area contributed by atoms with Crippen LogP contribution in [0, 0.1) is 0 Å². The Balaban J connectivity index is 0.000000215. The van der Waals surface area contributed by atoms with Gasteiger partial charge in [-0.05, 0) is 44.9 Å². The number of hydrogen-bond donors (Lipinski definition) is 4. The van der Waals surface area contributed by atoms with Crippen LogP contribution in [0.15, 0.2) is 54.6 Å². The molecule has 8 nitrogen and oxygen atoms in total. The minimum absolute atomic E-state index is 0.0551. The summed E-state index contributed by atoms with van der Waals surface area (Å²) in [6, 6.07) is 16.0. The Morgan fingerprint density at radius 2 is 1.80 bits per heavy atom. The minimum Gasteiger partial charge on any atom is -0.480 e. The molecule has 0 saturated heterocycles. The van der Waals surface area contributed by atoms with Gasteiger partial charge in [0.05, 0.1) is 17.6 Å². The van der Waals surface area contributed by atoms with E-state index in [2.05, 4.69) is 45.5 Å². The maximum absolute atomic E-state index is 11.6. The van der Waals surface area contributed by atoms with Crippen LogP contribution >= 0.6 is 0 Å². The standard InChI is InChI=1S/C11H15N3.C11H14N2O3/c1-3-14(2)8-11-12-9-6-4-5-7-10(9)13-11;1-12-9(11(15)16)7-13-10(14)8-5-3-2-4-6-8/h4-7H,3,8H2,1-2H3,(H,12,13);2-6,9,12H,7H2,1H3,(H,13,14)(H,15,16). The zero-order valence-electron chi connectivity index (χ0n) is 17.6. The first-order valence-electron chi connectivity index (χ1n) is 9.80. The van der Waals surface area contributed by atoms with E-state index < -0.39 is 12.0 Å². The van der Waals surface area contributed by atoms with Crippen LogP contribution in [-0.4, -0.2) is 65.1 Å². The molecule has 0 saturated carbocycles. The minimum atomic E-state index is -0.990. The Morgan fingerprint density at radius 3 is 2.40 bits per heavy atom. The largest absolute Gasteiger partial charge is 0.480 e. The third kappa shape index (κ3) is 6.98. The smallest absolute Gasteiger partial charge is 0.322 e. The second kappa shape index (κ2) is 11.7. The van der Waals surface area contributed by atoms with Crippen molar-refractivity contribution < 1.29 is 14.7 Å². The number of hydrogen-bond acceptors (Lipinski definition) is 5. The molecule has 160 valence electrons. The lowest BCUT2D eigenvalue weighted by Gasteiger charge is -2.12. The van der Waals surface area contributed by atoms with E-state index in [1.54, 1.807) is 24.3 Å². The number of carboxylic acid groups (broad SMARTS) is 1. The molecule has 0 spiro atoms. The molecule has 4 N–H and O–H groups in total. The number of aromatic amines is 1. The van der Waals surface area contributed by atoms with Gasteiger partial charge in [0.1, 0.15) is 11.9 Å². The van der Waals surface area contributed by atoms with E-state index in [0.717, 1.165) is 29.9 Å². The zero-order valence-corrected chi connectivity index (χ0v) is 17.6. The molecular weight excluding hydrogens is 382 g/mol. The summed E-state index contributed by atoms with van der Waals surface area (Å²) in [6.45, 7) is 4.12. The summed E-state index contributed by atoms with van der Waals surface area (Å²) >= 11 is 0. The molecule has 0 aliphatic rings. The second-order valence-corrected chi connectivity index (χ2v) is 6.79. The van der Waals surface area contributed by atoms with E-state index in [-0.39, 0.29) is 12.5 Å². The number of fused-ring (bicyclic) bond motifs is 1. The maximum Gasteiger partial charge on any atom is 0.322 e. The van der Waals surface area contributed by atoms with Gasteiger partial charge in [-0.1, -0.05) is 37.3 Å². The summed E-state index contributed by atoms with van der Waals surface area (Å²) < 4.78 is 0. The number of nitrogens with one attached hydrogen (secondary N) is 3. The fourth-order valence-corrected chi connectivity index (χ4v) is 2.65. The number of likely N-dealkylation sites (N-methyl/N-ethyl adjacent to an activating group) is 1. The lowest BCUT2D eigenvalue weighted by molar-refractivity contribution is -0.139. The average Bonchev–Trinajstić information content (AvgIpc) is 3.17. The van der Waals surface area contributed by atoms with Crippen molar-refractivity contribution in [2.45, 2.75) is 19.5 Å². The number of para-hydroxylation sites is 2. The molecule has 0 radical (unpaired) electrons. The van der Waals surface area contributed by atoms with E-state index in [4.69, 9.17) is 5.11 Å². The summed E-state index contributed by atoms with van der Waals surface area (Å²) in [5, 5.41) is 13.9. The highest BCUT2D eigenvalue weighted by molar-refractivity contribution is 5.94. The molecular formula is C22H29N5O3. The van der Waals surface area contributed by atoms with Crippen LogP contribution in [0.4, 0.5) is 0 Å². The highest BCUT2D eigenvalue weighted by Crippen LogP contribution is 2.10. The summed E-state index contributed by atoms with van der Waals surface area (Å²) in [5.74, 6) is -0.228. The van der Waals surface area contributed by atoms with E-state index in [1.165, 1.54) is 7.05 Å². The number of amides is 1. The lowest BCUT2D eigenvalue weighted by atomic mass is 10.2. The predicted octanol–water partition coefficient (Wildman–Crippen LogP) is 2.10. The summed E-state index contributed by atoms with van der Waals surface area (Å²) in [7, 11) is 3.63. The molecule has 30 heavy (non-hydrogen) atoms. The van der Waals surface area contributed by atoms with Crippen LogP contribution in [0.25, 0.3) is 11.0 Å². The number of carbonyl (C=O) groups is 2. The normalized spacial score (nSPS) is 11.6. The van der Waals surface area contributed by atoms with Gasteiger partial charge in [0.25, 0.3) is 5.91 Å². The van der Waals surface area contributed by atoms with Crippen LogP contribution < -0.4 is 10.6 Å². The first kappa shape index (κ1) is 23.1. The van der Waals surface area contributed by atoms with Gasteiger partial charge in [-0.25, -0.2) is 4.98 Å². The van der Waals surface area contributed by atoms with Crippen molar-refractivity contribution >= 4 is 22.9 Å². The van der Waals surface area contributed by atoms with Gasteiger partial charge in [-0.2, -0.15) is 0 Å². The molecule has 3 aromatic rings. The van der Waals surface area contributed by atoms with Gasteiger partial charge in [0, 0.05) is 12.1 Å². The second-order valence-electron chi connectivity index (χ2n) is 6.79. The summed E-state index contributed by atoms with van der Waals surface area (Å²) in [5.41, 5.74) is 2.68. The predicted molar refractivity (Wildman–Crippen MR) is 117 cm³/mol. The van der Waals surface area contributed by atoms with Crippen molar-refractivity contribution in [2.75, 3.05) is 27.2 Å². The van der Waals surface area contributed by atoms with Gasteiger partial charge in [0.2, 0.25) is 0 Å². The van der Waals surface area contributed by atoms with E-state index in [1.807, 2.05) is 24.3 Å². The molecule has 0 bridgehead atoms. The van der Waals surface area contributed by atoms with Crippen molar-refractivity contribution in [3.63, 3.8) is 0 Å². The fourth-order valence-electron chi connectivity index (χ4n) is 2.65. The highest BCUT2D eigenvalue weighted by atomic mass is 16.4. The van der Waals surface area contributed by atoms with E-state index >= 15 is 0 Å². The van der Waals surface area contributed by atoms with Crippen molar-refractivity contribution in [1.82, 2.24) is 25.5 Å². The van der Waals surface area contributed by atoms with Gasteiger partial charge < -0.3 is 20.7 Å². The molecule has 1 unspecified atom stereocenters. The molecule has 1 heterocycles. The van der Waals surface area contributed by atoms with Gasteiger partial charge in [0.15, 0.2) is 0 Å². The Bertz CT molecular complexity index is 909. The number of rotatable bonds is 8. The number of carboxylic acids is 1. The van der Waals surface area contributed by atoms with Crippen molar-refractivity contribution in [3.05, 3.63) is 66.0 Å². The quantitative estimate of drug-likeness (QED) is 0.452. The van der Waals surface area contributed by atoms with E-state index in [9.17, 15) is 9.59 Å². The number of H-pyrrole nitrogens is 1. The summed E-state index contributed by atoms with van der Waals surface area (Å²) in [6.07, 6.45) is 0. The monoisotopic (exact) mass is 411 g/mol. The molecule has 2 aromatic carbocycles. The van der Waals surface area contributed by atoms with Crippen LogP contribution in [-0.2, 0) is 11.3 Å². The average molecular weight is 412 g/mol. The number of imidazole rings is 1. The molecule has 1 atom stereocenters. The lowest BCUT2D eigenvalue weighted by Crippen LogP contribution is -2.44. The Hall–Kier alpha value is -3.23. The molecule has 1 aromatic heterocycles. The van der Waals surface area contributed by atoms with E-state index in [0.29, 0.717) is 5.56 Å². The number of nitrogens with zero attached hydrogens (tertiary/aromatic N) is 2. The molecule has 0 aliphatic heterocycles. The first-order valence-corrected chi connectivity index (χ1v) is 9.80. The number of carbonyl (C=O) groups excluding carboxylic acids is 1. The Kier molecular flexibility index (Phi) is 8.99. The molecule has 0 fully saturated rings. The maximum atomic E-state index is 11.6. The fraction of sp³-hybridized carbons (Fsp3) is 0.318. The van der Waals surface area contributed by atoms with Crippen LogP contribution in [0.2, 0.25) is 0 Å². The van der Waals surface area contributed by atoms with Crippen molar-refractivity contribution in [3.8, 4) is 0 Å². The highest BCUT2D eigenvalue weighted by Gasteiger charge is 2.15. The number of aromatic nitrogens is 2. The molecule has 8 heteroatoms. The van der Waals surface area contributed by atoms with Crippen LogP contribution in [0.1, 0.15) is 23.1 Å². The van der Waals surface area contributed by atoms with Gasteiger partial charge in [-0.3, -0.25) is 14.5 Å². The molecule has 3 rings (SSSR count). The van der Waals surface area contributed by atoms with Crippen molar-refractivity contribution in [1.29, 1.82) is 0 Å². The SMILES string of the molecule is CCN(C)Cc1nc2ccccc2[nH]1.CNC(CNC(=O)c1ccccc1)C(=O)O. The number of aliphatic carboxylic acids is 1. The first-order chi connectivity index (χ1) is 14.4. The third-order valence-corrected chi connectivity index (χ3v) is 4.55. The topological polar surface area (TPSA) is 110 Å². The summed E-state index contributed by atoms with van der Waals surface area (Å²) in [4.78, 5) is 32.3. The van der Waals surface area contributed by atoms with Gasteiger partial charge >= 0.3 is 5.97 Å². The molecule has 0 aliphatic carbocycles. The Morgan fingerprint density at radius 1 is 1.13 bits per heavy atom. The number of benzene rings is 2.